The van der Waals surface area contributed by atoms with Gasteiger partial charge < -0.3 is 10.6 Å². The average molecular weight is 429 g/mol. The van der Waals surface area contributed by atoms with E-state index in [0.717, 1.165) is 11.1 Å². The minimum absolute atomic E-state index is 0.222. The van der Waals surface area contributed by atoms with Gasteiger partial charge in [0.1, 0.15) is 0 Å². The molecule has 9 heteroatoms. The Morgan fingerprint density at radius 1 is 1.07 bits per heavy atom. The molecule has 2 aromatic carbocycles. The molecule has 0 aliphatic heterocycles. The fourth-order valence-corrected chi connectivity index (χ4v) is 3.45. The zero-order chi connectivity index (χ0) is 19.9. The van der Waals surface area contributed by atoms with Crippen LogP contribution >= 0.6 is 23.2 Å². The van der Waals surface area contributed by atoms with E-state index in [2.05, 4.69) is 20.3 Å². The van der Waals surface area contributed by atoms with Crippen molar-refractivity contribution in [2.24, 2.45) is 4.99 Å². The number of nitrogens with one attached hydrogen (secondary N) is 3. The van der Waals surface area contributed by atoms with Crippen molar-refractivity contribution in [3.05, 3.63) is 63.6 Å². The Morgan fingerprint density at radius 3 is 2.37 bits per heavy atom. The molecule has 3 N–H and O–H groups in total. The molecule has 0 saturated carbocycles. The van der Waals surface area contributed by atoms with Crippen molar-refractivity contribution in [2.45, 2.75) is 24.9 Å². The first-order valence-corrected chi connectivity index (χ1v) is 10.6. The summed E-state index contributed by atoms with van der Waals surface area (Å²) in [7, 11) is -2.05. The number of halogens is 2. The second kappa shape index (κ2) is 9.94. The van der Waals surface area contributed by atoms with E-state index in [1.165, 1.54) is 7.05 Å². The van der Waals surface area contributed by atoms with Gasteiger partial charge in [-0.2, -0.15) is 0 Å². The predicted molar refractivity (Wildman–Crippen MR) is 111 cm³/mol. The van der Waals surface area contributed by atoms with Crippen LogP contribution in [0.1, 0.15) is 18.1 Å². The molecule has 0 fully saturated rings. The molecule has 0 aromatic heterocycles. The molecule has 0 bridgehead atoms. The summed E-state index contributed by atoms with van der Waals surface area (Å²) in [5, 5.41) is 7.56. The van der Waals surface area contributed by atoms with Gasteiger partial charge in [0.2, 0.25) is 10.0 Å². The lowest BCUT2D eigenvalue weighted by molar-refractivity contribution is 0.588. The van der Waals surface area contributed by atoms with E-state index in [1.54, 1.807) is 36.4 Å². The van der Waals surface area contributed by atoms with E-state index in [-0.39, 0.29) is 4.90 Å². The number of guanidine groups is 1. The summed E-state index contributed by atoms with van der Waals surface area (Å²) in [6.45, 7) is 3.59. The van der Waals surface area contributed by atoms with E-state index >= 15 is 0 Å². The van der Waals surface area contributed by atoms with Gasteiger partial charge in [-0.3, -0.25) is 0 Å². The van der Waals surface area contributed by atoms with Gasteiger partial charge in [0, 0.05) is 23.1 Å². The van der Waals surface area contributed by atoms with E-state index in [0.29, 0.717) is 35.6 Å². The molecule has 146 valence electrons. The molecule has 2 rings (SSSR count). The summed E-state index contributed by atoms with van der Waals surface area (Å²) in [5.74, 6) is 0.635. The second-order valence-corrected chi connectivity index (χ2v) is 8.37. The third kappa shape index (κ3) is 6.39. The fraction of sp³-hybridized carbons (Fsp3) is 0.278. The minimum atomic E-state index is -3.43. The van der Waals surface area contributed by atoms with E-state index < -0.39 is 10.0 Å². The van der Waals surface area contributed by atoms with Crippen LogP contribution in [0.15, 0.2) is 52.4 Å². The first-order chi connectivity index (χ1) is 12.9. The van der Waals surface area contributed by atoms with Gasteiger partial charge in [-0.25, -0.2) is 18.1 Å². The number of hydrogen-bond acceptors (Lipinski definition) is 3. The molecule has 0 unspecified atom stereocenters. The Hall–Kier alpha value is -1.80. The van der Waals surface area contributed by atoms with Crippen LogP contribution in [0.25, 0.3) is 0 Å². The first kappa shape index (κ1) is 21.5. The molecule has 6 nitrogen and oxygen atoms in total. The van der Waals surface area contributed by atoms with Crippen LogP contribution in [0.4, 0.5) is 0 Å². The molecule has 0 aliphatic carbocycles. The topological polar surface area (TPSA) is 82.6 Å². The molecule has 0 amide bonds. The molecule has 0 heterocycles. The monoisotopic (exact) mass is 428 g/mol. The molecular weight excluding hydrogens is 407 g/mol. The maximum absolute atomic E-state index is 11.8. The SMILES string of the molecule is CCNC(=NCc1ccc(S(=O)(=O)NC)cc1)NCc1ccc(Cl)cc1Cl. The quantitative estimate of drug-likeness (QED) is 0.467. The van der Waals surface area contributed by atoms with Crippen LogP contribution in [0.5, 0.6) is 0 Å². The van der Waals surface area contributed by atoms with Crippen molar-refractivity contribution in [3.63, 3.8) is 0 Å². The van der Waals surface area contributed by atoms with Crippen LogP contribution in [-0.4, -0.2) is 28.0 Å². The van der Waals surface area contributed by atoms with Gasteiger partial charge in [-0.05, 0) is 49.4 Å². The van der Waals surface area contributed by atoms with Gasteiger partial charge in [-0.1, -0.05) is 41.4 Å². The van der Waals surface area contributed by atoms with Gasteiger partial charge in [0.15, 0.2) is 5.96 Å². The number of sulfonamides is 1. The van der Waals surface area contributed by atoms with E-state index in [9.17, 15) is 8.42 Å². The third-order valence-electron chi connectivity index (χ3n) is 3.73. The molecule has 27 heavy (non-hydrogen) atoms. The zero-order valence-corrected chi connectivity index (χ0v) is 17.4. The van der Waals surface area contributed by atoms with Gasteiger partial charge in [-0.15, -0.1) is 0 Å². The Balaban J connectivity index is 2.04. The van der Waals surface area contributed by atoms with E-state index in [1.807, 2.05) is 13.0 Å². The maximum Gasteiger partial charge on any atom is 0.240 e. The van der Waals surface area contributed by atoms with Crippen molar-refractivity contribution < 1.29 is 8.42 Å². The number of aliphatic imine (C=N–C) groups is 1. The molecular formula is C18H22Cl2N4O2S. The van der Waals surface area contributed by atoms with Gasteiger partial charge in [0.05, 0.1) is 11.4 Å². The summed E-state index contributed by atoms with van der Waals surface area (Å²) in [6, 6.07) is 12.0. The maximum atomic E-state index is 11.8. The smallest absolute Gasteiger partial charge is 0.240 e. The molecule has 0 radical (unpaired) electrons. The highest BCUT2D eigenvalue weighted by atomic mass is 35.5. The number of hydrogen-bond donors (Lipinski definition) is 3. The Bertz CT molecular complexity index is 900. The number of rotatable bonds is 7. The van der Waals surface area contributed by atoms with Crippen molar-refractivity contribution in [1.82, 2.24) is 15.4 Å². The molecule has 2 aromatic rings. The van der Waals surface area contributed by atoms with Crippen LogP contribution in [0.2, 0.25) is 10.0 Å². The zero-order valence-electron chi connectivity index (χ0n) is 15.1. The number of nitrogens with zero attached hydrogens (tertiary/aromatic N) is 1. The predicted octanol–water partition coefficient (Wildman–Crippen LogP) is 3.16. The lowest BCUT2D eigenvalue weighted by Gasteiger charge is -2.12. The lowest BCUT2D eigenvalue weighted by Crippen LogP contribution is -2.36. The van der Waals surface area contributed by atoms with Crippen LogP contribution in [0, 0.1) is 0 Å². The summed E-state index contributed by atoms with van der Waals surface area (Å²) in [4.78, 5) is 4.74. The fourth-order valence-electron chi connectivity index (χ4n) is 2.25. The highest BCUT2D eigenvalue weighted by Gasteiger charge is 2.10. The highest BCUT2D eigenvalue weighted by Crippen LogP contribution is 2.20. The molecule has 0 saturated heterocycles. The standard InChI is InChI=1S/C18H22Cl2N4O2S/c1-3-22-18(24-12-14-6-7-15(19)10-17(14)20)23-11-13-4-8-16(9-5-13)27(25,26)21-2/h4-10,21H,3,11-12H2,1-2H3,(H2,22,23,24). The number of benzene rings is 2. The van der Waals surface area contributed by atoms with E-state index in [4.69, 9.17) is 23.2 Å². The van der Waals surface area contributed by atoms with Crippen molar-refractivity contribution >= 4 is 39.2 Å². The third-order valence-corrected chi connectivity index (χ3v) is 5.74. The van der Waals surface area contributed by atoms with Crippen LogP contribution in [0.3, 0.4) is 0 Å². The summed E-state index contributed by atoms with van der Waals surface area (Å²) in [5.41, 5.74) is 1.81. The Kier molecular flexibility index (Phi) is 7.91. The first-order valence-electron chi connectivity index (χ1n) is 8.34. The Labute approximate surface area is 170 Å². The average Bonchev–Trinajstić information content (AvgIpc) is 2.65. The van der Waals surface area contributed by atoms with Crippen LogP contribution < -0.4 is 15.4 Å². The second-order valence-electron chi connectivity index (χ2n) is 5.64. The summed E-state index contributed by atoms with van der Waals surface area (Å²) >= 11 is 12.1. The van der Waals surface area contributed by atoms with Crippen LogP contribution in [-0.2, 0) is 23.1 Å². The lowest BCUT2D eigenvalue weighted by atomic mass is 10.2. The van der Waals surface area contributed by atoms with Crippen molar-refractivity contribution in [1.29, 1.82) is 0 Å². The van der Waals surface area contributed by atoms with Gasteiger partial charge >= 0.3 is 0 Å². The van der Waals surface area contributed by atoms with Gasteiger partial charge in [0.25, 0.3) is 0 Å². The molecule has 0 aliphatic rings. The summed E-state index contributed by atoms with van der Waals surface area (Å²) < 4.78 is 25.8. The molecule has 0 spiro atoms. The van der Waals surface area contributed by atoms with Crippen molar-refractivity contribution in [2.75, 3.05) is 13.6 Å². The Morgan fingerprint density at radius 2 is 1.78 bits per heavy atom. The minimum Gasteiger partial charge on any atom is -0.357 e. The normalized spacial score (nSPS) is 12.1. The largest absolute Gasteiger partial charge is 0.357 e. The van der Waals surface area contributed by atoms with Crippen molar-refractivity contribution in [3.8, 4) is 0 Å². The highest BCUT2D eigenvalue weighted by molar-refractivity contribution is 7.89. The molecule has 0 atom stereocenters. The summed E-state index contributed by atoms with van der Waals surface area (Å²) in [6.07, 6.45) is 0.